The highest BCUT2D eigenvalue weighted by atomic mass is 19.4. The second-order valence-corrected chi connectivity index (χ2v) is 6.15. The Morgan fingerprint density at radius 1 is 1.16 bits per heavy atom. The van der Waals surface area contributed by atoms with Crippen LogP contribution in [-0.4, -0.2) is 60.4 Å². The van der Waals surface area contributed by atoms with Crippen molar-refractivity contribution in [1.82, 2.24) is 9.80 Å². The smallest absolute Gasteiger partial charge is 0.360 e. The molecule has 2 heterocycles. The number of alkyl halides is 3. The average molecular weight is 353 g/mol. The minimum atomic E-state index is -4.39. The van der Waals surface area contributed by atoms with E-state index in [4.69, 9.17) is 0 Å². The normalized spacial score (nSPS) is 21.2. The van der Waals surface area contributed by atoms with Crippen LogP contribution in [0.15, 0.2) is 36.9 Å². The van der Waals surface area contributed by atoms with E-state index in [0.29, 0.717) is 31.9 Å². The van der Waals surface area contributed by atoms with Gasteiger partial charge >= 0.3 is 6.18 Å². The first-order valence-electron chi connectivity index (χ1n) is 7.92. The van der Waals surface area contributed by atoms with Gasteiger partial charge in [-0.05, 0) is 30.3 Å². The summed E-state index contributed by atoms with van der Waals surface area (Å²) in [6, 6.07) is 4.60. The number of carbonyl (C=O) groups excluding carboxylic acids is 2. The molecule has 0 N–H and O–H groups in total. The molecule has 2 aliphatic heterocycles. The van der Waals surface area contributed by atoms with Crippen molar-refractivity contribution in [1.29, 1.82) is 0 Å². The predicted octanol–water partition coefficient (Wildman–Crippen LogP) is 1.75. The Hall–Kier alpha value is -2.51. The molecule has 2 fully saturated rings. The lowest BCUT2D eigenvalue weighted by atomic mass is 10.1. The molecular weight excluding hydrogens is 335 g/mol. The minimum absolute atomic E-state index is 0.0816. The monoisotopic (exact) mass is 353 g/mol. The molecule has 2 saturated heterocycles. The van der Waals surface area contributed by atoms with Gasteiger partial charge in [0.1, 0.15) is 0 Å². The summed E-state index contributed by atoms with van der Waals surface area (Å²) >= 11 is 0. The Morgan fingerprint density at radius 3 is 2.44 bits per heavy atom. The maximum atomic E-state index is 12.7. The van der Waals surface area contributed by atoms with Crippen molar-refractivity contribution in [2.45, 2.75) is 12.2 Å². The topological polar surface area (TPSA) is 43.9 Å². The van der Waals surface area contributed by atoms with Gasteiger partial charge in [-0.3, -0.25) is 9.59 Å². The number of halogens is 3. The zero-order valence-corrected chi connectivity index (χ0v) is 13.5. The third kappa shape index (κ3) is 3.47. The van der Waals surface area contributed by atoms with Crippen LogP contribution in [0.1, 0.15) is 5.56 Å². The zero-order chi connectivity index (χ0) is 18.2. The van der Waals surface area contributed by atoms with Gasteiger partial charge < -0.3 is 14.7 Å². The summed E-state index contributed by atoms with van der Waals surface area (Å²) in [7, 11) is 0. The molecule has 0 aromatic heterocycles. The lowest BCUT2D eigenvalue weighted by Gasteiger charge is -2.47. The van der Waals surface area contributed by atoms with Crippen molar-refractivity contribution in [3.05, 3.63) is 42.5 Å². The first kappa shape index (κ1) is 17.3. The molecule has 134 valence electrons. The van der Waals surface area contributed by atoms with Gasteiger partial charge in [0, 0.05) is 31.9 Å². The molecule has 0 unspecified atom stereocenters. The SMILES string of the molecule is C=CC(=O)N1CCN2C(=O)CN(c3ccc(C(F)(F)F)cc3)C[C@H]2C1. The van der Waals surface area contributed by atoms with E-state index >= 15 is 0 Å². The fourth-order valence-corrected chi connectivity index (χ4v) is 3.30. The molecule has 0 bridgehead atoms. The molecule has 1 aromatic rings. The van der Waals surface area contributed by atoms with E-state index in [1.54, 1.807) is 14.7 Å². The summed E-state index contributed by atoms with van der Waals surface area (Å²) in [6.07, 6.45) is -3.14. The molecule has 0 saturated carbocycles. The van der Waals surface area contributed by atoms with E-state index in [9.17, 15) is 22.8 Å². The third-order valence-electron chi connectivity index (χ3n) is 4.61. The number of hydrogen-bond donors (Lipinski definition) is 0. The van der Waals surface area contributed by atoms with Crippen LogP contribution in [0.2, 0.25) is 0 Å². The highest BCUT2D eigenvalue weighted by Crippen LogP contribution is 2.31. The third-order valence-corrected chi connectivity index (χ3v) is 4.61. The average Bonchev–Trinajstić information content (AvgIpc) is 2.59. The number of hydrogen-bond acceptors (Lipinski definition) is 3. The van der Waals surface area contributed by atoms with Crippen LogP contribution in [0, 0.1) is 0 Å². The van der Waals surface area contributed by atoms with Gasteiger partial charge in [0.05, 0.1) is 18.2 Å². The summed E-state index contributed by atoms with van der Waals surface area (Å²) < 4.78 is 38.0. The van der Waals surface area contributed by atoms with Gasteiger partial charge in [0.15, 0.2) is 0 Å². The van der Waals surface area contributed by atoms with Crippen LogP contribution in [0.3, 0.4) is 0 Å². The van der Waals surface area contributed by atoms with Gasteiger partial charge in [-0.15, -0.1) is 0 Å². The molecule has 25 heavy (non-hydrogen) atoms. The molecular formula is C17H18F3N3O2. The predicted molar refractivity (Wildman–Crippen MR) is 85.9 cm³/mol. The van der Waals surface area contributed by atoms with E-state index in [-0.39, 0.29) is 24.4 Å². The van der Waals surface area contributed by atoms with Crippen LogP contribution in [0.25, 0.3) is 0 Å². The Balaban J connectivity index is 1.75. The Labute approximate surface area is 143 Å². The van der Waals surface area contributed by atoms with E-state index in [0.717, 1.165) is 12.1 Å². The van der Waals surface area contributed by atoms with Gasteiger partial charge in [-0.2, -0.15) is 13.2 Å². The lowest BCUT2D eigenvalue weighted by Crippen LogP contribution is -2.65. The van der Waals surface area contributed by atoms with Crippen LogP contribution in [-0.2, 0) is 15.8 Å². The van der Waals surface area contributed by atoms with Crippen molar-refractivity contribution in [2.75, 3.05) is 37.6 Å². The molecule has 1 aromatic carbocycles. The Bertz CT molecular complexity index is 687. The molecule has 3 rings (SSSR count). The summed E-state index contributed by atoms with van der Waals surface area (Å²) in [4.78, 5) is 29.3. The zero-order valence-electron chi connectivity index (χ0n) is 13.5. The number of amides is 2. The molecule has 1 atom stereocenters. The lowest BCUT2D eigenvalue weighted by molar-refractivity contribution is -0.141. The fourth-order valence-electron chi connectivity index (χ4n) is 3.30. The standard InChI is InChI=1S/C17H18F3N3O2/c1-2-15(24)21-7-8-23-14(9-21)10-22(11-16(23)25)13-5-3-12(4-6-13)17(18,19)20/h2-6,14H,1,7-11H2/t14-/m1/s1. The summed E-state index contributed by atoms with van der Waals surface area (Å²) in [5, 5.41) is 0. The van der Waals surface area contributed by atoms with Crippen molar-refractivity contribution < 1.29 is 22.8 Å². The van der Waals surface area contributed by atoms with Gasteiger partial charge in [-0.25, -0.2) is 0 Å². The number of piperazine rings is 2. The number of nitrogens with zero attached hydrogens (tertiary/aromatic N) is 3. The number of benzene rings is 1. The number of rotatable bonds is 2. The summed E-state index contributed by atoms with van der Waals surface area (Å²) in [5.41, 5.74) is -0.158. The fraction of sp³-hybridized carbons (Fsp3) is 0.412. The first-order valence-corrected chi connectivity index (χ1v) is 7.92. The molecule has 0 aliphatic carbocycles. The van der Waals surface area contributed by atoms with Crippen molar-refractivity contribution in [3.63, 3.8) is 0 Å². The summed E-state index contributed by atoms with van der Waals surface area (Å²) in [5.74, 6) is -0.263. The number of anilines is 1. The molecule has 8 heteroatoms. The van der Waals surface area contributed by atoms with E-state index in [1.807, 2.05) is 0 Å². The number of carbonyl (C=O) groups is 2. The minimum Gasteiger partial charge on any atom is -0.360 e. The van der Waals surface area contributed by atoms with Gasteiger partial charge in [0.25, 0.3) is 0 Å². The first-order chi connectivity index (χ1) is 11.8. The molecule has 0 spiro atoms. The molecule has 2 amide bonds. The second-order valence-electron chi connectivity index (χ2n) is 6.15. The van der Waals surface area contributed by atoms with Crippen LogP contribution in [0.5, 0.6) is 0 Å². The van der Waals surface area contributed by atoms with Crippen molar-refractivity contribution in [3.8, 4) is 0 Å². The van der Waals surface area contributed by atoms with Gasteiger partial charge in [0.2, 0.25) is 11.8 Å². The largest absolute Gasteiger partial charge is 0.416 e. The van der Waals surface area contributed by atoms with Crippen LogP contribution in [0.4, 0.5) is 18.9 Å². The number of fused-ring (bicyclic) bond motifs is 1. The quantitative estimate of drug-likeness (QED) is 0.761. The Morgan fingerprint density at radius 2 is 1.84 bits per heavy atom. The maximum Gasteiger partial charge on any atom is 0.416 e. The second kappa shape index (κ2) is 6.42. The van der Waals surface area contributed by atoms with Crippen LogP contribution < -0.4 is 4.90 Å². The highest BCUT2D eigenvalue weighted by molar-refractivity contribution is 5.88. The van der Waals surface area contributed by atoms with E-state index < -0.39 is 11.7 Å². The molecule has 5 nitrogen and oxygen atoms in total. The van der Waals surface area contributed by atoms with Crippen molar-refractivity contribution in [2.24, 2.45) is 0 Å². The van der Waals surface area contributed by atoms with E-state index in [2.05, 4.69) is 6.58 Å². The van der Waals surface area contributed by atoms with Crippen LogP contribution >= 0.6 is 0 Å². The molecule has 0 radical (unpaired) electrons. The Kier molecular flexibility index (Phi) is 4.45. The van der Waals surface area contributed by atoms with E-state index in [1.165, 1.54) is 18.2 Å². The highest BCUT2D eigenvalue weighted by Gasteiger charge is 2.37. The maximum absolute atomic E-state index is 12.7. The van der Waals surface area contributed by atoms with Crippen molar-refractivity contribution >= 4 is 17.5 Å². The van der Waals surface area contributed by atoms with Gasteiger partial charge in [-0.1, -0.05) is 6.58 Å². The molecule has 2 aliphatic rings. The summed E-state index contributed by atoms with van der Waals surface area (Å²) in [6.45, 7) is 5.39.